The summed E-state index contributed by atoms with van der Waals surface area (Å²) in [6.45, 7) is 3.45. The molecule has 4 heteroatoms. The van der Waals surface area contributed by atoms with Gasteiger partial charge in [0.1, 0.15) is 11.3 Å². The van der Waals surface area contributed by atoms with Crippen molar-refractivity contribution in [2.24, 2.45) is 0 Å². The maximum absolute atomic E-state index is 10.7. The Labute approximate surface area is 84.1 Å². The molecule has 70 valence electrons. The smallest absolute Gasteiger partial charge is 0.339 e. The third kappa shape index (κ3) is 1.67. The molecule has 13 heavy (non-hydrogen) atoms. The molecule has 1 aromatic rings. The third-order valence-electron chi connectivity index (χ3n) is 1.87. The first kappa shape index (κ1) is 10.1. The molecule has 1 aromatic carbocycles. The van der Waals surface area contributed by atoms with E-state index in [1.54, 1.807) is 13.8 Å². The van der Waals surface area contributed by atoms with E-state index in [4.69, 9.17) is 5.11 Å². The largest absolute Gasteiger partial charge is 0.507 e. The quantitative estimate of drug-likeness (QED) is 0.798. The van der Waals surface area contributed by atoms with Crippen molar-refractivity contribution >= 4 is 21.9 Å². The summed E-state index contributed by atoms with van der Waals surface area (Å²) in [6, 6.07) is 1.43. The van der Waals surface area contributed by atoms with Gasteiger partial charge in [0, 0.05) is 4.47 Å². The molecule has 0 heterocycles. The van der Waals surface area contributed by atoms with Crippen molar-refractivity contribution in [2.45, 2.75) is 13.8 Å². The summed E-state index contributed by atoms with van der Waals surface area (Å²) in [5, 5.41) is 18.1. The van der Waals surface area contributed by atoms with E-state index in [-0.39, 0.29) is 11.3 Å². The van der Waals surface area contributed by atoms with Crippen LogP contribution in [0.5, 0.6) is 5.75 Å². The normalized spacial score (nSPS) is 10.1. The van der Waals surface area contributed by atoms with E-state index in [1.165, 1.54) is 6.07 Å². The number of carboxylic acids is 1. The Hall–Kier alpha value is -1.03. The number of aromatic hydroxyl groups is 1. The van der Waals surface area contributed by atoms with Gasteiger partial charge in [-0.15, -0.1) is 0 Å². The lowest BCUT2D eigenvalue weighted by atomic mass is 10.0. The molecule has 0 aliphatic rings. The van der Waals surface area contributed by atoms with Gasteiger partial charge < -0.3 is 10.2 Å². The van der Waals surface area contributed by atoms with E-state index >= 15 is 0 Å². The molecule has 0 unspecified atom stereocenters. The fraction of sp³-hybridized carbons (Fsp3) is 0.222. The Morgan fingerprint density at radius 1 is 1.46 bits per heavy atom. The number of hydrogen-bond acceptors (Lipinski definition) is 2. The average Bonchev–Trinajstić information content (AvgIpc) is 1.99. The Morgan fingerprint density at radius 3 is 2.46 bits per heavy atom. The summed E-state index contributed by atoms with van der Waals surface area (Å²) in [5.41, 5.74) is 1.32. The van der Waals surface area contributed by atoms with Gasteiger partial charge >= 0.3 is 5.97 Å². The number of carboxylic acid groups (broad SMARTS) is 1. The Balaban J connectivity index is 3.53. The molecular weight excluding hydrogens is 236 g/mol. The van der Waals surface area contributed by atoms with Crippen LogP contribution in [-0.4, -0.2) is 16.2 Å². The molecule has 0 radical (unpaired) electrons. The Morgan fingerprint density at radius 2 is 2.00 bits per heavy atom. The maximum Gasteiger partial charge on any atom is 0.339 e. The highest BCUT2D eigenvalue weighted by Crippen LogP contribution is 2.30. The molecule has 0 atom stereocenters. The zero-order valence-electron chi connectivity index (χ0n) is 7.26. The van der Waals surface area contributed by atoms with Crippen LogP contribution in [0.25, 0.3) is 0 Å². The molecule has 3 nitrogen and oxygen atoms in total. The van der Waals surface area contributed by atoms with Crippen LogP contribution in [0.3, 0.4) is 0 Å². The number of hydrogen-bond donors (Lipinski definition) is 2. The monoisotopic (exact) mass is 244 g/mol. The molecule has 1 rings (SSSR count). The van der Waals surface area contributed by atoms with E-state index in [1.807, 2.05) is 0 Å². The van der Waals surface area contributed by atoms with Gasteiger partial charge in [-0.3, -0.25) is 0 Å². The minimum atomic E-state index is -1.12. The van der Waals surface area contributed by atoms with Gasteiger partial charge in [0.2, 0.25) is 0 Å². The van der Waals surface area contributed by atoms with E-state index in [9.17, 15) is 9.90 Å². The van der Waals surface area contributed by atoms with Crippen LogP contribution < -0.4 is 0 Å². The molecule has 0 aliphatic heterocycles. The number of phenols is 1. The first-order chi connectivity index (χ1) is 5.95. The zero-order chi connectivity index (χ0) is 10.2. The van der Waals surface area contributed by atoms with Crippen LogP contribution in [0.2, 0.25) is 0 Å². The summed E-state index contributed by atoms with van der Waals surface area (Å²) in [4.78, 5) is 10.7. The molecule has 0 amide bonds. The van der Waals surface area contributed by atoms with Gasteiger partial charge in [-0.25, -0.2) is 4.79 Å². The lowest BCUT2D eigenvalue weighted by Gasteiger charge is -2.08. The first-order valence-electron chi connectivity index (χ1n) is 3.67. The molecular formula is C9H9BrO3. The number of aryl methyl sites for hydroxylation is 1. The second kappa shape index (κ2) is 3.38. The van der Waals surface area contributed by atoms with Crippen LogP contribution in [-0.2, 0) is 0 Å². The van der Waals surface area contributed by atoms with Crippen molar-refractivity contribution in [1.29, 1.82) is 0 Å². The summed E-state index contributed by atoms with van der Waals surface area (Å²) < 4.78 is 0.725. The fourth-order valence-electron chi connectivity index (χ4n) is 1.21. The van der Waals surface area contributed by atoms with Crippen LogP contribution >= 0.6 is 15.9 Å². The highest BCUT2D eigenvalue weighted by molar-refractivity contribution is 9.10. The van der Waals surface area contributed by atoms with Crippen LogP contribution in [0.15, 0.2) is 10.5 Å². The Bertz CT molecular complexity index is 372. The van der Waals surface area contributed by atoms with E-state index in [0.29, 0.717) is 5.56 Å². The van der Waals surface area contributed by atoms with Crippen LogP contribution in [0.4, 0.5) is 0 Å². The Kier molecular flexibility index (Phi) is 2.61. The predicted octanol–water partition coefficient (Wildman–Crippen LogP) is 2.47. The summed E-state index contributed by atoms with van der Waals surface area (Å²) in [5.74, 6) is -1.30. The molecule has 0 aliphatic carbocycles. The van der Waals surface area contributed by atoms with Gasteiger partial charge in [0.25, 0.3) is 0 Å². The number of benzene rings is 1. The summed E-state index contributed by atoms with van der Waals surface area (Å²) in [6.07, 6.45) is 0. The average molecular weight is 245 g/mol. The topological polar surface area (TPSA) is 57.5 Å². The molecule has 2 N–H and O–H groups in total. The number of rotatable bonds is 1. The highest BCUT2D eigenvalue weighted by atomic mass is 79.9. The van der Waals surface area contributed by atoms with Crippen molar-refractivity contribution in [1.82, 2.24) is 0 Å². The van der Waals surface area contributed by atoms with Crippen LogP contribution in [0.1, 0.15) is 21.5 Å². The summed E-state index contributed by atoms with van der Waals surface area (Å²) in [7, 11) is 0. The predicted molar refractivity (Wildman–Crippen MR) is 52.2 cm³/mol. The second-order valence-electron chi connectivity index (χ2n) is 2.83. The van der Waals surface area contributed by atoms with Gasteiger partial charge in [0.15, 0.2) is 0 Å². The minimum absolute atomic E-state index is 0.0440. The third-order valence-corrected chi connectivity index (χ3v) is 3.09. The van der Waals surface area contributed by atoms with Crippen molar-refractivity contribution in [2.75, 3.05) is 0 Å². The van der Waals surface area contributed by atoms with Gasteiger partial charge in [0.05, 0.1) is 0 Å². The zero-order valence-corrected chi connectivity index (χ0v) is 8.84. The fourth-order valence-corrected chi connectivity index (χ4v) is 1.52. The summed E-state index contributed by atoms with van der Waals surface area (Å²) >= 11 is 3.26. The lowest BCUT2D eigenvalue weighted by Crippen LogP contribution is -2.01. The van der Waals surface area contributed by atoms with Gasteiger partial charge in [-0.05, 0) is 31.0 Å². The van der Waals surface area contributed by atoms with Crippen molar-refractivity contribution < 1.29 is 15.0 Å². The van der Waals surface area contributed by atoms with E-state index in [2.05, 4.69) is 15.9 Å². The number of halogens is 1. The SMILES string of the molecule is Cc1cc(O)c(C(=O)O)c(C)c1Br. The first-order valence-corrected chi connectivity index (χ1v) is 4.46. The molecule has 0 spiro atoms. The molecule has 0 saturated heterocycles. The lowest BCUT2D eigenvalue weighted by molar-refractivity contribution is 0.0693. The van der Waals surface area contributed by atoms with E-state index in [0.717, 1.165) is 10.0 Å². The van der Waals surface area contributed by atoms with Crippen molar-refractivity contribution in [3.05, 3.63) is 27.2 Å². The standard InChI is InChI=1S/C9H9BrO3/c1-4-3-6(11)7(9(12)13)5(2)8(4)10/h3,11H,1-2H3,(H,12,13). The highest BCUT2D eigenvalue weighted by Gasteiger charge is 2.16. The minimum Gasteiger partial charge on any atom is -0.507 e. The van der Waals surface area contributed by atoms with Crippen molar-refractivity contribution in [3.63, 3.8) is 0 Å². The molecule has 0 aromatic heterocycles. The van der Waals surface area contributed by atoms with E-state index < -0.39 is 5.97 Å². The van der Waals surface area contributed by atoms with Gasteiger partial charge in [-0.2, -0.15) is 0 Å². The second-order valence-corrected chi connectivity index (χ2v) is 3.62. The maximum atomic E-state index is 10.7. The van der Waals surface area contributed by atoms with Gasteiger partial charge in [-0.1, -0.05) is 15.9 Å². The van der Waals surface area contributed by atoms with Crippen LogP contribution in [0, 0.1) is 13.8 Å². The molecule has 0 bridgehead atoms. The van der Waals surface area contributed by atoms with Crippen molar-refractivity contribution in [3.8, 4) is 5.75 Å². The number of aromatic carboxylic acids is 1. The molecule has 0 fully saturated rings. The number of carbonyl (C=O) groups is 1. The molecule has 0 saturated carbocycles.